The molecule has 0 spiro atoms. The first-order valence-corrected chi connectivity index (χ1v) is 7.59. The van der Waals surface area contributed by atoms with Crippen LogP contribution in [0.3, 0.4) is 0 Å². The van der Waals surface area contributed by atoms with Gasteiger partial charge in [-0.1, -0.05) is 0 Å². The minimum atomic E-state index is -4.39. The van der Waals surface area contributed by atoms with Gasteiger partial charge in [-0.3, -0.25) is 4.79 Å². The number of rotatable bonds is 1. The van der Waals surface area contributed by atoms with Crippen molar-refractivity contribution < 1.29 is 18.0 Å². The molecular weight excluding hydrogens is 319 g/mol. The summed E-state index contributed by atoms with van der Waals surface area (Å²) in [5, 5.41) is 0. The first-order chi connectivity index (χ1) is 11.3. The summed E-state index contributed by atoms with van der Waals surface area (Å²) in [6.07, 6.45) is -1.78. The van der Waals surface area contributed by atoms with E-state index in [9.17, 15) is 18.0 Å². The van der Waals surface area contributed by atoms with Crippen LogP contribution in [0, 0.1) is 13.8 Å². The van der Waals surface area contributed by atoms with Crippen LogP contribution in [0.1, 0.15) is 39.4 Å². The highest BCUT2D eigenvalue weighted by molar-refractivity contribution is 6.07. The van der Waals surface area contributed by atoms with Gasteiger partial charge in [0.05, 0.1) is 16.8 Å². The predicted octanol–water partition coefficient (Wildman–Crippen LogP) is 3.71. The zero-order valence-corrected chi connectivity index (χ0v) is 13.3. The van der Waals surface area contributed by atoms with Crippen LogP contribution >= 0.6 is 0 Å². The first kappa shape index (κ1) is 16.4. The van der Waals surface area contributed by atoms with E-state index in [-0.39, 0.29) is 5.91 Å². The predicted molar refractivity (Wildman–Crippen MR) is 82.9 cm³/mol. The van der Waals surface area contributed by atoms with Gasteiger partial charge in [0, 0.05) is 18.4 Å². The maximum Gasteiger partial charge on any atom is 0.416 e. The van der Waals surface area contributed by atoms with E-state index in [0.717, 1.165) is 12.1 Å². The van der Waals surface area contributed by atoms with Gasteiger partial charge >= 0.3 is 6.18 Å². The van der Waals surface area contributed by atoms with Gasteiger partial charge in [0.15, 0.2) is 0 Å². The van der Waals surface area contributed by atoms with Crippen molar-refractivity contribution in [2.45, 2.75) is 32.9 Å². The Labute approximate surface area is 137 Å². The average Bonchev–Trinajstić information content (AvgIpc) is 2.52. The minimum absolute atomic E-state index is 0.284. The molecule has 0 N–H and O–H groups in total. The summed E-state index contributed by atoms with van der Waals surface area (Å²) in [7, 11) is 0. The molecule has 2 aromatic rings. The second-order valence-corrected chi connectivity index (χ2v) is 5.82. The number of anilines is 1. The first-order valence-electron chi connectivity index (χ1n) is 7.59. The molecule has 0 fully saturated rings. The molecule has 0 bridgehead atoms. The number of halogens is 3. The van der Waals surface area contributed by atoms with Crippen molar-refractivity contribution in [3.05, 3.63) is 52.6 Å². The fourth-order valence-electron chi connectivity index (χ4n) is 2.92. The Kier molecular flexibility index (Phi) is 4.03. The summed E-state index contributed by atoms with van der Waals surface area (Å²) in [4.78, 5) is 22.5. The van der Waals surface area contributed by atoms with E-state index in [0.29, 0.717) is 47.7 Å². The lowest BCUT2D eigenvalue weighted by molar-refractivity contribution is -0.137. The molecule has 1 aromatic heterocycles. The standard InChI is InChI=1S/C17H16F3N3O/c1-10-14(9-21-11(2)22-10)16(24)23-7-3-4-12-8-13(17(18,19)20)5-6-15(12)23/h5-6,8-9H,3-4,7H2,1-2H3. The molecule has 3 rings (SSSR count). The van der Waals surface area contributed by atoms with Gasteiger partial charge in [0.25, 0.3) is 5.91 Å². The molecular formula is C17H16F3N3O. The summed E-state index contributed by atoms with van der Waals surface area (Å²) in [6, 6.07) is 3.52. The van der Waals surface area contributed by atoms with Crippen LogP contribution in [-0.2, 0) is 12.6 Å². The summed E-state index contributed by atoms with van der Waals surface area (Å²) in [5.41, 5.74) is 1.31. The van der Waals surface area contributed by atoms with Gasteiger partial charge in [-0.2, -0.15) is 13.2 Å². The third-order valence-electron chi connectivity index (χ3n) is 4.10. The van der Waals surface area contributed by atoms with Crippen molar-refractivity contribution in [1.29, 1.82) is 0 Å². The number of aryl methyl sites for hydroxylation is 3. The Morgan fingerprint density at radius 2 is 2.00 bits per heavy atom. The molecule has 0 saturated heterocycles. The summed E-state index contributed by atoms with van der Waals surface area (Å²) in [5.74, 6) is 0.283. The van der Waals surface area contributed by atoms with Gasteiger partial charge in [-0.15, -0.1) is 0 Å². The van der Waals surface area contributed by atoms with Gasteiger partial charge in [0.1, 0.15) is 5.82 Å². The highest BCUT2D eigenvalue weighted by atomic mass is 19.4. The Morgan fingerprint density at radius 3 is 2.67 bits per heavy atom. The molecule has 0 saturated carbocycles. The lowest BCUT2D eigenvalue weighted by Crippen LogP contribution is -2.36. The summed E-state index contributed by atoms with van der Waals surface area (Å²) < 4.78 is 38.6. The zero-order valence-electron chi connectivity index (χ0n) is 13.3. The number of fused-ring (bicyclic) bond motifs is 1. The molecule has 7 heteroatoms. The number of benzene rings is 1. The number of amides is 1. The van der Waals surface area contributed by atoms with Gasteiger partial charge in [-0.25, -0.2) is 9.97 Å². The molecule has 1 aromatic carbocycles. The second-order valence-electron chi connectivity index (χ2n) is 5.82. The fraction of sp³-hybridized carbons (Fsp3) is 0.353. The monoisotopic (exact) mass is 335 g/mol. The van der Waals surface area contributed by atoms with Crippen molar-refractivity contribution in [3.8, 4) is 0 Å². The molecule has 1 aliphatic rings. The smallest absolute Gasteiger partial charge is 0.308 e. The van der Waals surface area contributed by atoms with Crippen LogP contribution in [0.5, 0.6) is 0 Å². The number of hydrogen-bond acceptors (Lipinski definition) is 3. The molecule has 126 valence electrons. The number of carbonyl (C=O) groups is 1. The van der Waals surface area contributed by atoms with Crippen molar-refractivity contribution in [2.24, 2.45) is 0 Å². The SMILES string of the molecule is Cc1ncc(C(=O)N2CCCc3cc(C(F)(F)F)ccc32)c(C)n1. The van der Waals surface area contributed by atoms with E-state index in [1.807, 2.05) is 0 Å². The van der Waals surface area contributed by atoms with E-state index in [4.69, 9.17) is 0 Å². The lowest BCUT2D eigenvalue weighted by Gasteiger charge is -2.30. The number of aromatic nitrogens is 2. The van der Waals surface area contributed by atoms with Crippen molar-refractivity contribution in [3.63, 3.8) is 0 Å². The van der Waals surface area contributed by atoms with Gasteiger partial charge in [-0.05, 0) is 50.5 Å². The molecule has 0 radical (unpaired) electrons. The molecule has 24 heavy (non-hydrogen) atoms. The Morgan fingerprint density at radius 1 is 1.25 bits per heavy atom. The van der Waals surface area contributed by atoms with Crippen LogP contribution in [0.15, 0.2) is 24.4 Å². The lowest BCUT2D eigenvalue weighted by atomic mass is 9.98. The second kappa shape index (κ2) is 5.89. The maximum atomic E-state index is 12.9. The third kappa shape index (κ3) is 2.98. The quantitative estimate of drug-likeness (QED) is 0.798. The summed E-state index contributed by atoms with van der Waals surface area (Å²) in [6.45, 7) is 3.92. The Bertz CT molecular complexity index is 802. The maximum absolute atomic E-state index is 12.9. The van der Waals surface area contributed by atoms with Gasteiger partial charge < -0.3 is 4.90 Å². The Hall–Kier alpha value is -2.44. The van der Waals surface area contributed by atoms with Gasteiger partial charge in [0.2, 0.25) is 0 Å². The van der Waals surface area contributed by atoms with E-state index < -0.39 is 11.7 Å². The van der Waals surface area contributed by atoms with Crippen molar-refractivity contribution >= 4 is 11.6 Å². The van der Waals surface area contributed by atoms with Crippen molar-refractivity contribution in [2.75, 3.05) is 11.4 Å². The molecule has 4 nitrogen and oxygen atoms in total. The largest absolute Gasteiger partial charge is 0.416 e. The van der Waals surface area contributed by atoms with Crippen LogP contribution in [0.25, 0.3) is 0 Å². The van der Waals surface area contributed by atoms with Crippen molar-refractivity contribution in [1.82, 2.24) is 9.97 Å². The minimum Gasteiger partial charge on any atom is -0.308 e. The Balaban J connectivity index is 1.99. The van der Waals surface area contributed by atoms with E-state index in [1.54, 1.807) is 13.8 Å². The van der Waals surface area contributed by atoms with Crippen LogP contribution in [0.4, 0.5) is 18.9 Å². The molecule has 2 heterocycles. The van der Waals surface area contributed by atoms with Crippen LogP contribution in [-0.4, -0.2) is 22.4 Å². The average molecular weight is 335 g/mol. The fourth-order valence-corrected chi connectivity index (χ4v) is 2.92. The number of carbonyl (C=O) groups excluding carboxylic acids is 1. The van der Waals surface area contributed by atoms with Crippen LogP contribution in [0.2, 0.25) is 0 Å². The van der Waals surface area contributed by atoms with Crippen LogP contribution < -0.4 is 4.90 Å². The molecule has 0 unspecified atom stereocenters. The third-order valence-corrected chi connectivity index (χ3v) is 4.10. The summed E-state index contributed by atoms with van der Waals surface area (Å²) >= 11 is 0. The zero-order chi connectivity index (χ0) is 17.5. The molecule has 0 atom stereocenters. The number of hydrogen-bond donors (Lipinski definition) is 0. The van der Waals surface area contributed by atoms with E-state index >= 15 is 0 Å². The number of alkyl halides is 3. The number of nitrogens with zero attached hydrogens (tertiary/aromatic N) is 3. The molecule has 1 aliphatic heterocycles. The van der Waals surface area contributed by atoms with E-state index in [2.05, 4.69) is 9.97 Å². The molecule has 0 aliphatic carbocycles. The molecule has 1 amide bonds. The topological polar surface area (TPSA) is 46.1 Å². The highest BCUT2D eigenvalue weighted by Crippen LogP contribution is 2.35. The highest BCUT2D eigenvalue weighted by Gasteiger charge is 2.33. The van der Waals surface area contributed by atoms with E-state index in [1.165, 1.54) is 17.2 Å². The normalized spacial score (nSPS) is 14.5.